The molecular formula is C19H16F3N5OS. The van der Waals surface area contributed by atoms with E-state index in [4.69, 9.17) is 22.7 Å². The average Bonchev–Trinajstić information content (AvgIpc) is 3.07. The van der Waals surface area contributed by atoms with Crippen LogP contribution in [0.3, 0.4) is 0 Å². The molecule has 2 aromatic carbocycles. The van der Waals surface area contributed by atoms with Crippen LogP contribution >= 0.6 is 12.2 Å². The van der Waals surface area contributed by atoms with E-state index in [0.29, 0.717) is 16.8 Å². The van der Waals surface area contributed by atoms with Crippen molar-refractivity contribution < 1.29 is 17.9 Å². The number of ether oxygens (including phenoxy) is 1. The number of nitrogens with two attached hydrogens (primary N) is 1. The highest BCUT2D eigenvalue weighted by molar-refractivity contribution is 7.80. The van der Waals surface area contributed by atoms with Gasteiger partial charge < -0.3 is 10.5 Å². The third kappa shape index (κ3) is 4.00. The smallest absolute Gasteiger partial charge is 0.416 e. The fraction of sp³-hybridized carbons (Fsp3) is 0.263. The van der Waals surface area contributed by atoms with Crippen LogP contribution in [0.1, 0.15) is 23.6 Å². The minimum Gasteiger partial charge on any atom is -0.497 e. The van der Waals surface area contributed by atoms with E-state index >= 15 is 0 Å². The Bertz CT molecular complexity index is 1140. The first kappa shape index (κ1) is 20.5. The van der Waals surface area contributed by atoms with Gasteiger partial charge in [-0.2, -0.15) is 33.4 Å². The monoisotopic (exact) mass is 419 g/mol. The molecule has 150 valence electrons. The van der Waals surface area contributed by atoms with E-state index in [0.717, 1.165) is 12.1 Å². The first-order valence-electron chi connectivity index (χ1n) is 8.39. The number of hydrogen-bond donors (Lipinski definition) is 1. The lowest BCUT2D eigenvalue weighted by Crippen LogP contribution is -2.31. The lowest BCUT2D eigenvalue weighted by molar-refractivity contribution is -0.137. The maximum Gasteiger partial charge on any atom is 0.416 e. The molecule has 0 fully saturated rings. The van der Waals surface area contributed by atoms with Crippen LogP contribution < -0.4 is 10.5 Å². The molecule has 0 aliphatic rings. The lowest BCUT2D eigenvalue weighted by atomic mass is 9.80. The van der Waals surface area contributed by atoms with E-state index in [2.05, 4.69) is 16.3 Å². The van der Waals surface area contributed by atoms with Gasteiger partial charge in [0.2, 0.25) is 0 Å². The molecule has 1 heterocycles. The van der Waals surface area contributed by atoms with Crippen LogP contribution in [-0.2, 0) is 18.1 Å². The summed E-state index contributed by atoms with van der Waals surface area (Å²) in [7, 11) is 1.52. The van der Waals surface area contributed by atoms with Crippen molar-refractivity contribution in [3.05, 3.63) is 53.1 Å². The number of thiocarbonyl (C=S) groups is 1. The number of rotatable bonds is 5. The van der Waals surface area contributed by atoms with Crippen LogP contribution in [0.25, 0.3) is 11.0 Å². The van der Waals surface area contributed by atoms with Crippen molar-refractivity contribution in [2.75, 3.05) is 7.11 Å². The molecule has 6 nitrogen and oxygen atoms in total. The van der Waals surface area contributed by atoms with Crippen molar-refractivity contribution in [1.82, 2.24) is 15.0 Å². The zero-order valence-corrected chi connectivity index (χ0v) is 16.3. The van der Waals surface area contributed by atoms with Crippen molar-refractivity contribution in [1.29, 1.82) is 5.26 Å². The number of alkyl halides is 3. The lowest BCUT2D eigenvalue weighted by Gasteiger charge is -2.25. The van der Waals surface area contributed by atoms with Gasteiger partial charge in [-0.05, 0) is 36.8 Å². The van der Waals surface area contributed by atoms with Crippen molar-refractivity contribution in [3.63, 3.8) is 0 Å². The zero-order valence-electron chi connectivity index (χ0n) is 15.5. The molecule has 0 aliphatic carbocycles. The van der Waals surface area contributed by atoms with Gasteiger partial charge in [0.05, 0.1) is 25.3 Å². The number of methoxy groups -OCH3 is 1. The first-order chi connectivity index (χ1) is 13.6. The Kier molecular flexibility index (Phi) is 5.19. The predicted octanol–water partition coefficient (Wildman–Crippen LogP) is 3.57. The standard InChI is InChI=1S/C19H16F3N5OS/c1-18(9-23,10-27-25-15-6-4-12(28-2)8-16(15)26-27)14-7-11(19(20,21)22)3-5-13(14)17(24)29/h3-8H,10H2,1-2H3,(H2,24,29). The number of aromatic nitrogens is 3. The average molecular weight is 419 g/mol. The summed E-state index contributed by atoms with van der Waals surface area (Å²) >= 11 is 4.98. The minimum absolute atomic E-state index is 0.0706. The Hall–Kier alpha value is -3.19. The largest absolute Gasteiger partial charge is 0.497 e. The maximum atomic E-state index is 13.2. The van der Waals surface area contributed by atoms with Crippen molar-refractivity contribution in [2.45, 2.75) is 25.1 Å². The SMILES string of the molecule is COc1ccc2nn(CC(C)(C#N)c3cc(C(F)(F)F)ccc3C(N)=S)nc2c1. The van der Waals surface area contributed by atoms with Gasteiger partial charge in [0, 0.05) is 11.6 Å². The molecule has 1 atom stereocenters. The van der Waals surface area contributed by atoms with E-state index in [1.54, 1.807) is 18.2 Å². The van der Waals surface area contributed by atoms with Gasteiger partial charge >= 0.3 is 6.18 Å². The Morgan fingerprint density at radius 1 is 1.21 bits per heavy atom. The summed E-state index contributed by atoms with van der Waals surface area (Å²) in [4.78, 5) is 1.18. The number of nitriles is 1. The van der Waals surface area contributed by atoms with Crippen LogP contribution in [-0.4, -0.2) is 27.1 Å². The van der Waals surface area contributed by atoms with Crippen LogP contribution in [0, 0.1) is 11.3 Å². The molecule has 29 heavy (non-hydrogen) atoms. The van der Waals surface area contributed by atoms with E-state index in [9.17, 15) is 18.4 Å². The summed E-state index contributed by atoms with van der Waals surface area (Å²) in [6.07, 6.45) is -4.57. The van der Waals surface area contributed by atoms with E-state index in [1.807, 2.05) is 0 Å². The predicted molar refractivity (Wildman–Crippen MR) is 104 cm³/mol. The van der Waals surface area contributed by atoms with Crippen LogP contribution in [0.15, 0.2) is 36.4 Å². The van der Waals surface area contributed by atoms with Gasteiger partial charge in [-0.25, -0.2) is 0 Å². The van der Waals surface area contributed by atoms with E-state index in [-0.39, 0.29) is 22.7 Å². The van der Waals surface area contributed by atoms with Crippen molar-refractivity contribution >= 4 is 28.2 Å². The van der Waals surface area contributed by atoms with Gasteiger partial charge in [-0.1, -0.05) is 18.3 Å². The third-order valence-electron chi connectivity index (χ3n) is 4.54. The van der Waals surface area contributed by atoms with Crippen molar-refractivity contribution in [3.8, 4) is 11.8 Å². The summed E-state index contributed by atoms with van der Waals surface area (Å²) in [6, 6.07) is 10.1. The maximum absolute atomic E-state index is 13.2. The molecule has 0 spiro atoms. The molecule has 1 aromatic heterocycles. The molecule has 0 amide bonds. The van der Waals surface area contributed by atoms with Crippen LogP contribution in [0.2, 0.25) is 0 Å². The third-order valence-corrected chi connectivity index (χ3v) is 4.76. The van der Waals surface area contributed by atoms with Gasteiger partial charge in [0.1, 0.15) is 27.2 Å². The normalized spacial score (nSPS) is 13.7. The minimum atomic E-state index is -4.57. The van der Waals surface area contributed by atoms with E-state index < -0.39 is 17.2 Å². The molecule has 0 bridgehead atoms. The van der Waals surface area contributed by atoms with Gasteiger partial charge in [-0.15, -0.1) is 0 Å². The Morgan fingerprint density at radius 2 is 1.90 bits per heavy atom. The molecule has 0 radical (unpaired) electrons. The number of nitrogens with zero attached hydrogens (tertiary/aromatic N) is 4. The molecule has 3 aromatic rings. The number of fused-ring (bicyclic) bond motifs is 1. The van der Waals surface area contributed by atoms with Gasteiger partial charge in [-0.3, -0.25) is 0 Å². The number of halogens is 3. The fourth-order valence-electron chi connectivity index (χ4n) is 2.99. The van der Waals surface area contributed by atoms with Crippen molar-refractivity contribution in [2.24, 2.45) is 5.73 Å². The van der Waals surface area contributed by atoms with Gasteiger partial charge in [0.25, 0.3) is 0 Å². The molecule has 10 heteroatoms. The fourth-order valence-corrected chi connectivity index (χ4v) is 3.17. The molecule has 0 saturated carbocycles. The summed E-state index contributed by atoms with van der Waals surface area (Å²) in [5.74, 6) is 0.584. The highest BCUT2D eigenvalue weighted by atomic mass is 32.1. The summed E-state index contributed by atoms with van der Waals surface area (Å²) < 4.78 is 44.9. The second-order valence-electron chi connectivity index (χ2n) is 6.65. The molecule has 0 aliphatic heterocycles. The van der Waals surface area contributed by atoms with Gasteiger partial charge in [0.15, 0.2) is 0 Å². The summed E-state index contributed by atoms with van der Waals surface area (Å²) in [5.41, 5.74) is 4.76. The molecule has 0 saturated heterocycles. The molecular weight excluding hydrogens is 403 g/mol. The highest BCUT2D eigenvalue weighted by Crippen LogP contribution is 2.35. The second-order valence-corrected chi connectivity index (χ2v) is 7.09. The quantitative estimate of drug-likeness (QED) is 0.636. The second kappa shape index (κ2) is 7.33. The topological polar surface area (TPSA) is 89.8 Å². The number of benzene rings is 2. The molecule has 1 unspecified atom stereocenters. The van der Waals surface area contributed by atoms with Crippen LogP contribution in [0.4, 0.5) is 13.2 Å². The summed E-state index contributed by atoms with van der Waals surface area (Å²) in [6.45, 7) is 1.40. The highest BCUT2D eigenvalue weighted by Gasteiger charge is 2.36. The zero-order chi connectivity index (χ0) is 21.4. The Labute approximate surface area is 169 Å². The Morgan fingerprint density at radius 3 is 2.48 bits per heavy atom. The summed E-state index contributed by atoms with van der Waals surface area (Å²) in [5, 5.41) is 18.5. The van der Waals surface area contributed by atoms with Crippen LogP contribution in [0.5, 0.6) is 5.75 Å². The molecule has 2 N–H and O–H groups in total. The first-order valence-corrected chi connectivity index (χ1v) is 8.80. The Balaban J connectivity index is 2.10. The van der Waals surface area contributed by atoms with E-state index in [1.165, 1.54) is 24.9 Å². The number of hydrogen-bond acceptors (Lipinski definition) is 5. The molecule has 3 rings (SSSR count).